The van der Waals surface area contributed by atoms with Gasteiger partial charge in [0.15, 0.2) is 0 Å². The number of piperazine rings is 2. The van der Waals surface area contributed by atoms with Gasteiger partial charge in [-0.2, -0.15) is 0 Å². The highest BCUT2D eigenvalue weighted by Gasteiger charge is 2.35. The fraction of sp³-hybridized carbons (Fsp3) is 0.480. The Bertz CT molecular complexity index is 994. The second-order valence-electron chi connectivity index (χ2n) is 8.59. The summed E-state index contributed by atoms with van der Waals surface area (Å²) in [6.45, 7) is 7.83. The molecule has 182 valence electrons. The summed E-state index contributed by atoms with van der Waals surface area (Å²) in [6, 6.07) is 10.7. The van der Waals surface area contributed by atoms with Crippen LogP contribution in [0.15, 0.2) is 42.6 Å². The quantitative estimate of drug-likeness (QED) is 0.561. The van der Waals surface area contributed by atoms with Crippen molar-refractivity contribution in [3.05, 3.63) is 59.4 Å². The summed E-state index contributed by atoms with van der Waals surface area (Å²) in [6.07, 6.45) is 1.74. The number of rotatable bonds is 7. The smallest absolute Gasteiger partial charge is 0.255 e. The number of β-amino-alcohol motifs (C(OH)–C–C–N with tert-alkyl or cyclic N) is 1. The molecule has 2 aliphatic heterocycles. The van der Waals surface area contributed by atoms with Crippen LogP contribution >= 0.6 is 0 Å². The molecular formula is C25H34N6O3. The second-order valence-corrected chi connectivity index (χ2v) is 8.59. The lowest BCUT2D eigenvalue weighted by Crippen LogP contribution is -2.52. The van der Waals surface area contributed by atoms with Gasteiger partial charge < -0.3 is 25.5 Å². The molecule has 3 heterocycles. The van der Waals surface area contributed by atoms with Crippen molar-refractivity contribution in [3.63, 3.8) is 0 Å². The maximum atomic E-state index is 14.0. The molecule has 2 amide bonds. The highest BCUT2D eigenvalue weighted by atomic mass is 16.3. The first-order chi connectivity index (χ1) is 16.6. The summed E-state index contributed by atoms with van der Waals surface area (Å²) in [5.74, 6) is -0.270. The van der Waals surface area contributed by atoms with Crippen molar-refractivity contribution >= 4 is 17.5 Å². The Hall–Kier alpha value is -3.01. The molecule has 0 spiro atoms. The third-order valence-corrected chi connectivity index (χ3v) is 6.46. The largest absolute Gasteiger partial charge is 0.395 e. The fourth-order valence-electron chi connectivity index (χ4n) is 4.73. The van der Waals surface area contributed by atoms with Crippen LogP contribution in [0.5, 0.6) is 0 Å². The Morgan fingerprint density at radius 3 is 2.50 bits per heavy atom. The topological polar surface area (TPSA) is 101 Å². The van der Waals surface area contributed by atoms with Gasteiger partial charge in [0.2, 0.25) is 0 Å². The lowest BCUT2D eigenvalue weighted by molar-refractivity contribution is 0.0404. The minimum atomic E-state index is -0.301. The van der Waals surface area contributed by atoms with E-state index in [0.717, 1.165) is 31.0 Å². The number of hydrogen-bond donors (Lipinski definition) is 3. The molecule has 9 heteroatoms. The van der Waals surface area contributed by atoms with Crippen molar-refractivity contribution in [1.82, 2.24) is 25.0 Å². The van der Waals surface area contributed by atoms with Gasteiger partial charge in [0, 0.05) is 65.1 Å². The molecule has 4 rings (SSSR count). The van der Waals surface area contributed by atoms with Gasteiger partial charge >= 0.3 is 0 Å². The number of nitrogens with zero attached hydrogens (tertiary/aromatic N) is 4. The number of aliphatic hydroxyl groups is 1. The number of carbonyl (C=O) groups excluding carboxylic acids is 2. The number of pyridine rings is 1. The molecule has 2 fully saturated rings. The van der Waals surface area contributed by atoms with Crippen LogP contribution in [0.25, 0.3) is 0 Å². The molecule has 0 aliphatic carbocycles. The number of aromatic nitrogens is 1. The van der Waals surface area contributed by atoms with Gasteiger partial charge in [-0.25, -0.2) is 0 Å². The highest BCUT2D eigenvalue weighted by Crippen LogP contribution is 2.31. The molecule has 9 nitrogen and oxygen atoms in total. The first-order valence-corrected chi connectivity index (χ1v) is 12.1. The van der Waals surface area contributed by atoms with Crippen LogP contribution in [0.2, 0.25) is 0 Å². The Labute approximate surface area is 200 Å². The molecule has 2 aromatic rings. The van der Waals surface area contributed by atoms with Crippen LogP contribution in [0.4, 0.5) is 5.69 Å². The van der Waals surface area contributed by atoms with E-state index in [1.165, 1.54) is 0 Å². The SMILES string of the molecule is CCNc1cccnc1C1CN(CCO)CCN1C(=O)c1ccccc1C(=O)N1CCNCC1. The third-order valence-electron chi connectivity index (χ3n) is 6.46. The van der Waals surface area contributed by atoms with Crippen molar-refractivity contribution < 1.29 is 14.7 Å². The van der Waals surface area contributed by atoms with E-state index in [1.54, 1.807) is 23.2 Å². The van der Waals surface area contributed by atoms with Gasteiger partial charge in [0.25, 0.3) is 11.8 Å². The molecule has 34 heavy (non-hydrogen) atoms. The van der Waals surface area contributed by atoms with E-state index in [0.29, 0.717) is 50.4 Å². The maximum Gasteiger partial charge on any atom is 0.255 e. The van der Waals surface area contributed by atoms with Crippen LogP contribution < -0.4 is 10.6 Å². The lowest BCUT2D eigenvalue weighted by Gasteiger charge is -2.41. The average molecular weight is 467 g/mol. The first kappa shape index (κ1) is 24.1. The zero-order valence-corrected chi connectivity index (χ0v) is 19.7. The van der Waals surface area contributed by atoms with Crippen LogP contribution in [0.3, 0.4) is 0 Å². The van der Waals surface area contributed by atoms with Crippen molar-refractivity contribution in [2.24, 2.45) is 0 Å². The Balaban J connectivity index is 1.67. The van der Waals surface area contributed by atoms with Crippen molar-refractivity contribution in [2.45, 2.75) is 13.0 Å². The molecule has 2 saturated heterocycles. The highest BCUT2D eigenvalue weighted by molar-refractivity contribution is 6.07. The molecule has 0 radical (unpaired) electrons. The Morgan fingerprint density at radius 1 is 1.06 bits per heavy atom. The zero-order valence-electron chi connectivity index (χ0n) is 19.7. The zero-order chi connectivity index (χ0) is 23.9. The van der Waals surface area contributed by atoms with Crippen LogP contribution in [-0.4, -0.2) is 102 Å². The van der Waals surface area contributed by atoms with E-state index in [2.05, 4.69) is 20.5 Å². The summed E-state index contributed by atoms with van der Waals surface area (Å²) in [5, 5.41) is 16.1. The van der Waals surface area contributed by atoms with E-state index in [1.807, 2.05) is 36.1 Å². The number of aliphatic hydroxyl groups excluding tert-OH is 1. The predicted molar refractivity (Wildman–Crippen MR) is 131 cm³/mol. The molecule has 0 bridgehead atoms. The van der Waals surface area contributed by atoms with E-state index in [9.17, 15) is 14.7 Å². The molecule has 1 aromatic heterocycles. The summed E-state index contributed by atoms with van der Waals surface area (Å²) in [4.78, 5) is 37.7. The third kappa shape index (κ3) is 5.22. The number of amides is 2. The average Bonchev–Trinajstić information content (AvgIpc) is 2.89. The number of benzene rings is 1. The van der Waals surface area contributed by atoms with Gasteiger partial charge in [-0.05, 0) is 31.2 Å². The number of nitrogens with one attached hydrogen (secondary N) is 2. The maximum absolute atomic E-state index is 14.0. The summed E-state index contributed by atoms with van der Waals surface area (Å²) in [5.41, 5.74) is 2.56. The summed E-state index contributed by atoms with van der Waals surface area (Å²) >= 11 is 0. The predicted octanol–water partition coefficient (Wildman–Crippen LogP) is 1.05. The molecule has 1 unspecified atom stereocenters. The van der Waals surface area contributed by atoms with E-state index in [-0.39, 0.29) is 24.5 Å². The van der Waals surface area contributed by atoms with Crippen LogP contribution in [-0.2, 0) is 0 Å². The van der Waals surface area contributed by atoms with Gasteiger partial charge in [-0.15, -0.1) is 0 Å². The number of carbonyl (C=O) groups is 2. The second kappa shape index (κ2) is 11.4. The first-order valence-electron chi connectivity index (χ1n) is 12.1. The van der Waals surface area contributed by atoms with Gasteiger partial charge in [0.1, 0.15) is 0 Å². The lowest BCUT2D eigenvalue weighted by atomic mass is 10.0. The molecule has 1 aromatic carbocycles. The summed E-state index contributed by atoms with van der Waals surface area (Å²) < 4.78 is 0. The monoisotopic (exact) mass is 466 g/mol. The molecule has 2 aliphatic rings. The van der Waals surface area contributed by atoms with Crippen molar-refractivity contribution in [3.8, 4) is 0 Å². The molecular weight excluding hydrogens is 432 g/mol. The molecule has 0 saturated carbocycles. The summed E-state index contributed by atoms with van der Waals surface area (Å²) in [7, 11) is 0. The Kier molecular flexibility index (Phi) is 8.10. The van der Waals surface area contributed by atoms with E-state index >= 15 is 0 Å². The molecule has 3 N–H and O–H groups in total. The van der Waals surface area contributed by atoms with Crippen LogP contribution in [0, 0.1) is 0 Å². The molecule has 1 atom stereocenters. The number of hydrogen-bond acceptors (Lipinski definition) is 7. The standard InChI is InChI=1S/C25H34N6O3/c1-2-27-21-8-5-9-28-23(21)22-18-29(16-17-32)14-15-31(22)25(34)20-7-4-3-6-19(20)24(33)30-12-10-26-11-13-30/h3-9,22,26-27,32H,2,10-18H2,1H3. The minimum Gasteiger partial charge on any atom is -0.395 e. The van der Waals surface area contributed by atoms with Gasteiger partial charge in [0.05, 0.1) is 35.2 Å². The van der Waals surface area contributed by atoms with Crippen LogP contribution in [0.1, 0.15) is 39.4 Å². The number of anilines is 1. The van der Waals surface area contributed by atoms with Gasteiger partial charge in [-0.1, -0.05) is 12.1 Å². The van der Waals surface area contributed by atoms with Crippen molar-refractivity contribution in [1.29, 1.82) is 0 Å². The van der Waals surface area contributed by atoms with Crippen molar-refractivity contribution in [2.75, 3.05) is 70.8 Å². The van der Waals surface area contributed by atoms with E-state index < -0.39 is 0 Å². The minimum absolute atomic E-state index is 0.0605. The van der Waals surface area contributed by atoms with Gasteiger partial charge in [-0.3, -0.25) is 19.5 Å². The normalized spacial score (nSPS) is 19.2. The fourth-order valence-corrected chi connectivity index (χ4v) is 4.73. The van der Waals surface area contributed by atoms with E-state index in [4.69, 9.17) is 0 Å². The Morgan fingerprint density at radius 2 is 1.79 bits per heavy atom.